The predicted molar refractivity (Wildman–Crippen MR) is 61.5 cm³/mol. The zero-order chi connectivity index (χ0) is 12.1. The second kappa shape index (κ2) is 5.69. The van der Waals surface area contributed by atoms with Crippen molar-refractivity contribution in [2.24, 2.45) is 11.7 Å². The summed E-state index contributed by atoms with van der Waals surface area (Å²) in [5, 5.41) is 10.1. The van der Waals surface area contributed by atoms with Gasteiger partial charge in [0.05, 0.1) is 18.5 Å². The molecule has 1 saturated heterocycles. The van der Waals surface area contributed by atoms with Crippen LogP contribution in [0.3, 0.4) is 0 Å². The van der Waals surface area contributed by atoms with E-state index < -0.39 is 0 Å². The molecule has 0 spiro atoms. The van der Waals surface area contributed by atoms with Crippen molar-refractivity contribution in [3.05, 3.63) is 0 Å². The van der Waals surface area contributed by atoms with Gasteiger partial charge in [0.2, 0.25) is 0 Å². The second-order valence-electron chi connectivity index (χ2n) is 4.25. The number of carbonyl (C=O) groups excluding carboxylic acids is 1. The third kappa shape index (κ3) is 3.69. The average molecular weight is 228 g/mol. The predicted octanol–water partition coefficient (Wildman–Crippen LogP) is -0.0112. The van der Waals surface area contributed by atoms with E-state index in [4.69, 9.17) is 15.9 Å². The Bertz CT molecular complexity index is 264. The van der Waals surface area contributed by atoms with Gasteiger partial charge in [-0.15, -0.1) is 0 Å². The number of nitrogens with zero attached hydrogens (tertiary/aromatic N) is 1. The molecule has 92 valence electrons. The smallest absolute Gasteiger partial charge is 0.317 e. The average Bonchev–Trinajstić information content (AvgIpc) is 2.69. The zero-order valence-electron chi connectivity index (χ0n) is 9.82. The quantitative estimate of drug-likeness (QED) is 0.467. The van der Waals surface area contributed by atoms with Crippen LogP contribution in [0.2, 0.25) is 0 Å². The monoisotopic (exact) mass is 228 g/mol. The maximum absolute atomic E-state index is 11.7. The van der Waals surface area contributed by atoms with Gasteiger partial charge in [0.25, 0.3) is 0 Å². The van der Waals surface area contributed by atoms with Crippen molar-refractivity contribution in [1.82, 2.24) is 10.2 Å². The highest BCUT2D eigenvalue weighted by Crippen LogP contribution is 2.04. The lowest BCUT2D eigenvalue weighted by Crippen LogP contribution is -2.45. The fourth-order valence-electron chi connectivity index (χ4n) is 1.53. The molecular formula is C10H20N4O2. The first kappa shape index (κ1) is 12.8. The van der Waals surface area contributed by atoms with Crippen molar-refractivity contribution in [3.8, 4) is 0 Å². The third-order valence-corrected chi connectivity index (χ3v) is 2.68. The van der Waals surface area contributed by atoms with Crippen molar-refractivity contribution in [1.29, 1.82) is 5.41 Å². The molecule has 4 N–H and O–H groups in total. The van der Waals surface area contributed by atoms with Gasteiger partial charge < -0.3 is 20.7 Å². The standard InChI is InChI=1S/C10H20N4O2/c1-7(9(11)12)5-14(2)10(15)13-8-3-4-16-6-8/h7-8H,3-6H2,1-2H3,(H3,11,12)(H,13,15). The van der Waals surface area contributed by atoms with Crippen LogP contribution in [0.4, 0.5) is 4.79 Å². The second-order valence-corrected chi connectivity index (χ2v) is 4.25. The van der Waals surface area contributed by atoms with Gasteiger partial charge in [-0.2, -0.15) is 0 Å². The van der Waals surface area contributed by atoms with Crippen LogP contribution in [0, 0.1) is 11.3 Å². The molecule has 0 saturated carbocycles. The first-order valence-electron chi connectivity index (χ1n) is 5.44. The summed E-state index contributed by atoms with van der Waals surface area (Å²) >= 11 is 0. The lowest BCUT2D eigenvalue weighted by atomic mass is 10.1. The van der Waals surface area contributed by atoms with Crippen LogP contribution >= 0.6 is 0 Å². The number of amidine groups is 1. The number of nitrogens with one attached hydrogen (secondary N) is 2. The molecule has 1 heterocycles. The largest absolute Gasteiger partial charge is 0.387 e. The number of amides is 2. The summed E-state index contributed by atoms with van der Waals surface area (Å²) in [5.41, 5.74) is 5.35. The highest BCUT2D eigenvalue weighted by molar-refractivity contribution is 5.80. The molecule has 1 fully saturated rings. The van der Waals surface area contributed by atoms with Crippen molar-refractivity contribution in [3.63, 3.8) is 0 Å². The third-order valence-electron chi connectivity index (χ3n) is 2.68. The van der Waals surface area contributed by atoms with Crippen LogP contribution in [-0.2, 0) is 4.74 Å². The van der Waals surface area contributed by atoms with Crippen LogP contribution in [0.5, 0.6) is 0 Å². The Labute approximate surface area is 95.6 Å². The maximum atomic E-state index is 11.7. The Morgan fingerprint density at radius 1 is 1.75 bits per heavy atom. The van der Waals surface area contributed by atoms with Crippen LogP contribution < -0.4 is 11.1 Å². The molecule has 0 aliphatic carbocycles. The fourth-order valence-corrected chi connectivity index (χ4v) is 1.53. The van der Waals surface area contributed by atoms with E-state index in [1.165, 1.54) is 0 Å². The van der Waals surface area contributed by atoms with E-state index >= 15 is 0 Å². The van der Waals surface area contributed by atoms with Crippen molar-refractivity contribution < 1.29 is 9.53 Å². The van der Waals surface area contributed by atoms with Gasteiger partial charge in [0.15, 0.2) is 0 Å². The Morgan fingerprint density at radius 3 is 2.94 bits per heavy atom. The van der Waals surface area contributed by atoms with E-state index in [0.29, 0.717) is 19.8 Å². The Hall–Kier alpha value is -1.30. The number of ether oxygens (including phenoxy) is 1. The number of urea groups is 1. The van der Waals surface area contributed by atoms with E-state index in [-0.39, 0.29) is 23.8 Å². The molecule has 1 aliphatic heterocycles. The van der Waals surface area contributed by atoms with E-state index in [1.54, 1.807) is 11.9 Å². The summed E-state index contributed by atoms with van der Waals surface area (Å²) in [7, 11) is 1.70. The number of hydrogen-bond acceptors (Lipinski definition) is 3. The SMILES string of the molecule is CC(CN(C)C(=O)NC1CCOC1)C(=N)N. The van der Waals surface area contributed by atoms with Crippen molar-refractivity contribution >= 4 is 11.9 Å². The lowest BCUT2D eigenvalue weighted by Gasteiger charge is -2.23. The molecule has 6 heteroatoms. The summed E-state index contributed by atoms with van der Waals surface area (Å²) in [6.45, 7) is 3.57. The zero-order valence-corrected chi connectivity index (χ0v) is 9.82. The Balaban J connectivity index is 2.32. The first-order chi connectivity index (χ1) is 7.50. The van der Waals surface area contributed by atoms with Gasteiger partial charge >= 0.3 is 6.03 Å². The van der Waals surface area contributed by atoms with Crippen LogP contribution in [0.1, 0.15) is 13.3 Å². The summed E-state index contributed by atoms with van der Waals surface area (Å²) < 4.78 is 5.17. The summed E-state index contributed by atoms with van der Waals surface area (Å²) in [4.78, 5) is 13.3. The molecule has 0 aromatic heterocycles. The van der Waals surface area contributed by atoms with E-state index in [2.05, 4.69) is 5.32 Å². The fraction of sp³-hybridized carbons (Fsp3) is 0.800. The topological polar surface area (TPSA) is 91.4 Å². The minimum atomic E-state index is -0.136. The van der Waals surface area contributed by atoms with Gasteiger partial charge in [-0.25, -0.2) is 4.79 Å². The molecule has 1 rings (SSSR count). The molecule has 1 aliphatic rings. The van der Waals surface area contributed by atoms with Crippen LogP contribution in [-0.4, -0.2) is 49.6 Å². The number of rotatable bonds is 4. The molecule has 2 atom stereocenters. The molecule has 6 nitrogen and oxygen atoms in total. The normalized spacial score (nSPS) is 21.5. The van der Waals surface area contributed by atoms with Gasteiger partial charge in [0, 0.05) is 26.1 Å². The summed E-state index contributed by atoms with van der Waals surface area (Å²) in [6.07, 6.45) is 0.863. The molecule has 2 amide bonds. The van der Waals surface area contributed by atoms with Gasteiger partial charge in [-0.05, 0) is 6.42 Å². The highest BCUT2D eigenvalue weighted by Gasteiger charge is 2.20. The first-order valence-corrected chi connectivity index (χ1v) is 5.44. The lowest BCUT2D eigenvalue weighted by molar-refractivity contribution is 0.181. The molecule has 0 bridgehead atoms. The molecule has 16 heavy (non-hydrogen) atoms. The summed E-state index contributed by atoms with van der Waals surface area (Å²) in [5.74, 6) is -0.0144. The Kier molecular flexibility index (Phi) is 4.54. The van der Waals surface area contributed by atoms with Crippen molar-refractivity contribution in [2.75, 3.05) is 26.8 Å². The minimum Gasteiger partial charge on any atom is -0.387 e. The van der Waals surface area contributed by atoms with Crippen LogP contribution in [0.25, 0.3) is 0 Å². The summed E-state index contributed by atoms with van der Waals surface area (Å²) in [6, 6.07) is -0.0221. The van der Waals surface area contributed by atoms with Crippen LogP contribution in [0.15, 0.2) is 0 Å². The number of hydrogen-bond donors (Lipinski definition) is 3. The number of nitrogens with two attached hydrogens (primary N) is 1. The molecular weight excluding hydrogens is 208 g/mol. The van der Waals surface area contributed by atoms with Gasteiger partial charge in [-0.1, -0.05) is 6.92 Å². The van der Waals surface area contributed by atoms with E-state index in [9.17, 15) is 4.79 Å². The molecule has 2 unspecified atom stereocenters. The maximum Gasteiger partial charge on any atom is 0.317 e. The Morgan fingerprint density at radius 2 is 2.44 bits per heavy atom. The molecule has 0 aromatic carbocycles. The minimum absolute atomic E-state index is 0.101. The van der Waals surface area contributed by atoms with Gasteiger partial charge in [0.1, 0.15) is 0 Å². The molecule has 0 radical (unpaired) electrons. The molecule has 0 aromatic rings. The van der Waals surface area contributed by atoms with Crippen molar-refractivity contribution in [2.45, 2.75) is 19.4 Å². The van der Waals surface area contributed by atoms with Gasteiger partial charge in [-0.3, -0.25) is 5.41 Å². The van der Waals surface area contributed by atoms with E-state index in [1.807, 2.05) is 6.92 Å². The highest BCUT2D eigenvalue weighted by atomic mass is 16.5. The van der Waals surface area contributed by atoms with E-state index in [0.717, 1.165) is 6.42 Å². The number of carbonyl (C=O) groups is 1.